The topological polar surface area (TPSA) is 44.8 Å². The van der Waals surface area contributed by atoms with E-state index in [0.29, 0.717) is 19.2 Å². The van der Waals surface area contributed by atoms with Crippen molar-refractivity contribution in [3.8, 4) is 0 Å². The molecule has 1 N–H and O–H groups in total. The molecule has 0 radical (unpaired) electrons. The van der Waals surface area contributed by atoms with Gasteiger partial charge >= 0.3 is 0 Å². The molecule has 0 aromatic heterocycles. The van der Waals surface area contributed by atoms with Crippen LogP contribution in [0.3, 0.4) is 0 Å². The van der Waals surface area contributed by atoms with Gasteiger partial charge in [0, 0.05) is 56.8 Å². The summed E-state index contributed by atoms with van der Waals surface area (Å²) in [6.07, 6.45) is 1.99. The number of morpholine rings is 1. The van der Waals surface area contributed by atoms with Gasteiger partial charge in [0.05, 0.1) is 6.61 Å². The van der Waals surface area contributed by atoms with Crippen LogP contribution in [0.5, 0.6) is 0 Å². The molecule has 20 heavy (non-hydrogen) atoms. The smallest absolute Gasteiger partial charge is 0.253 e. The van der Waals surface area contributed by atoms with Crippen LogP contribution < -0.4 is 5.32 Å². The van der Waals surface area contributed by atoms with Gasteiger partial charge in [0.1, 0.15) is 6.10 Å². The lowest BCUT2D eigenvalue weighted by Gasteiger charge is -2.41. The van der Waals surface area contributed by atoms with E-state index in [-0.39, 0.29) is 12.0 Å². The average molecular weight is 299 g/mol. The molecule has 0 bridgehead atoms. The molecule has 3 aliphatic heterocycles. The van der Waals surface area contributed by atoms with E-state index < -0.39 is 0 Å². The number of nitrogens with one attached hydrogen (secondary N) is 1. The minimum Gasteiger partial charge on any atom is -0.366 e. The van der Waals surface area contributed by atoms with Crippen LogP contribution in [-0.2, 0) is 9.53 Å². The first-order chi connectivity index (χ1) is 9.84. The maximum Gasteiger partial charge on any atom is 0.253 e. The Kier molecular flexibility index (Phi) is 5.20. The molecule has 3 heterocycles. The number of ether oxygens (including phenoxy) is 1. The number of thioether (sulfide) groups is 1. The minimum absolute atomic E-state index is 0.185. The highest BCUT2D eigenvalue weighted by molar-refractivity contribution is 7.99. The van der Waals surface area contributed by atoms with Crippen molar-refractivity contribution >= 4 is 17.7 Å². The molecule has 0 saturated carbocycles. The number of likely N-dealkylation sites (tertiary alicyclic amines) is 1. The second-order valence-electron chi connectivity index (χ2n) is 5.77. The van der Waals surface area contributed by atoms with E-state index in [4.69, 9.17) is 4.74 Å². The number of nitrogens with zero attached hydrogens (tertiary/aromatic N) is 2. The molecule has 5 nitrogen and oxygen atoms in total. The first-order valence-electron chi connectivity index (χ1n) is 7.77. The number of carbonyl (C=O) groups is 1. The fraction of sp³-hybridized carbons (Fsp3) is 0.929. The molecule has 0 spiro atoms. The molecule has 6 heteroatoms. The number of hydrogen-bond donors (Lipinski definition) is 1. The predicted octanol–water partition coefficient (Wildman–Crippen LogP) is 0.0146. The Morgan fingerprint density at radius 1 is 1.15 bits per heavy atom. The Hall–Kier alpha value is -0.300. The summed E-state index contributed by atoms with van der Waals surface area (Å²) < 4.78 is 5.57. The second kappa shape index (κ2) is 7.11. The highest BCUT2D eigenvalue weighted by atomic mass is 32.2. The summed E-state index contributed by atoms with van der Waals surface area (Å²) in [5.41, 5.74) is 0. The first kappa shape index (κ1) is 14.6. The van der Waals surface area contributed by atoms with Crippen molar-refractivity contribution in [2.75, 3.05) is 57.4 Å². The van der Waals surface area contributed by atoms with Gasteiger partial charge in [0.25, 0.3) is 5.91 Å². The summed E-state index contributed by atoms with van der Waals surface area (Å²) in [7, 11) is 0. The molecule has 3 saturated heterocycles. The van der Waals surface area contributed by atoms with Gasteiger partial charge in [-0.25, -0.2) is 0 Å². The molecule has 0 unspecified atom stereocenters. The van der Waals surface area contributed by atoms with E-state index in [1.54, 1.807) is 0 Å². The molecule has 0 aromatic rings. The van der Waals surface area contributed by atoms with Crippen LogP contribution in [0.15, 0.2) is 0 Å². The van der Waals surface area contributed by atoms with Gasteiger partial charge in [-0.05, 0) is 12.8 Å². The zero-order valence-corrected chi connectivity index (χ0v) is 12.9. The average Bonchev–Trinajstić information content (AvgIpc) is 2.56. The largest absolute Gasteiger partial charge is 0.366 e. The van der Waals surface area contributed by atoms with Crippen molar-refractivity contribution in [1.29, 1.82) is 0 Å². The Morgan fingerprint density at radius 2 is 1.90 bits per heavy atom. The van der Waals surface area contributed by atoms with Crippen molar-refractivity contribution in [3.63, 3.8) is 0 Å². The van der Waals surface area contributed by atoms with Gasteiger partial charge < -0.3 is 15.0 Å². The number of carbonyl (C=O) groups excluding carboxylic acids is 1. The summed E-state index contributed by atoms with van der Waals surface area (Å²) in [4.78, 5) is 17.0. The van der Waals surface area contributed by atoms with Crippen molar-refractivity contribution in [2.24, 2.45) is 0 Å². The molecule has 3 aliphatic rings. The van der Waals surface area contributed by atoms with Gasteiger partial charge in [0.2, 0.25) is 0 Å². The first-order valence-corrected chi connectivity index (χ1v) is 8.93. The molecule has 0 aromatic carbocycles. The van der Waals surface area contributed by atoms with Crippen LogP contribution >= 0.6 is 11.8 Å². The zero-order chi connectivity index (χ0) is 13.8. The molecular formula is C14H25N3O2S. The van der Waals surface area contributed by atoms with Gasteiger partial charge in [-0.3, -0.25) is 9.69 Å². The van der Waals surface area contributed by atoms with Gasteiger partial charge in [-0.2, -0.15) is 11.8 Å². The van der Waals surface area contributed by atoms with E-state index in [9.17, 15) is 4.79 Å². The van der Waals surface area contributed by atoms with Crippen molar-refractivity contribution in [3.05, 3.63) is 0 Å². The quantitative estimate of drug-likeness (QED) is 0.778. The Labute approximate surface area is 125 Å². The zero-order valence-electron chi connectivity index (χ0n) is 12.1. The number of hydrogen-bond acceptors (Lipinski definition) is 5. The number of rotatable bonds is 2. The molecule has 1 atom stereocenters. The summed E-state index contributed by atoms with van der Waals surface area (Å²) in [5.74, 6) is 2.71. The van der Waals surface area contributed by atoms with Crippen LogP contribution in [0.2, 0.25) is 0 Å². The van der Waals surface area contributed by atoms with Crippen LogP contribution in [0.4, 0.5) is 0 Å². The lowest BCUT2D eigenvalue weighted by Crippen LogP contribution is -2.54. The normalized spacial score (nSPS) is 30.4. The predicted molar refractivity (Wildman–Crippen MR) is 81.1 cm³/mol. The van der Waals surface area contributed by atoms with Gasteiger partial charge in [-0.1, -0.05) is 0 Å². The summed E-state index contributed by atoms with van der Waals surface area (Å²) in [5, 5.41) is 3.23. The van der Waals surface area contributed by atoms with Crippen molar-refractivity contribution < 1.29 is 9.53 Å². The van der Waals surface area contributed by atoms with E-state index >= 15 is 0 Å². The van der Waals surface area contributed by atoms with Crippen molar-refractivity contribution in [1.82, 2.24) is 15.1 Å². The summed E-state index contributed by atoms with van der Waals surface area (Å²) in [6.45, 7) is 6.41. The van der Waals surface area contributed by atoms with Crippen LogP contribution in [0.25, 0.3) is 0 Å². The highest BCUT2D eigenvalue weighted by Gasteiger charge is 2.31. The molecule has 1 amide bonds. The fourth-order valence-corrected chi connectivity index (χ4v) is 4.25. The Bertz CT molecular complexity index is 322. The SMILES string of the molecule is O=C([C@@H]1CNCCO1)N1CCC(N2CCSCC2)CC1. The standard InChI is InChI=1S/C14H25N3O2S/c18-14(13-11-15-3-8-19-13)17-4-1-12(2-5-17)16-6-9-20-10-7-16/h12-13,15H,1-11H2/t13-/m0/s1. The molecule has 0 aliphatic carbocycles. The highest BCUT2D eigenvalue weighted by Crippen LogP contribution is 2.21. The fourth-order valence-electron chi connectivity index (χ4n) is 3.32. The molecule has 3 fully saturated rings. The van der Waals surface area contributed by atoms with E-state index in [2.05, 4.69) is 22.0 Å². The summed E-state index contributed by atoms with van der Waals surface area (Å²) in [6, 6.07) is 0.686. The number of amides is 1. The second-order valence-corrected chi connectivity index (χ2v) is 6.99. The maximum atomic E-state index is 12.4. The van der Waals surface area contributed by atoms with Crippen molar-refractivity contribution in [2.45, 2.75) is 25.0 Å². The molecule has 3 rings (SSSR count). The Balaban J connectivity index is 1.46. The minimum atomic E-state index is -0.258. The Morgan fingerprint density at radius 3 is 2.55 bits per heavy atom. The number of piperidine rings is 1. The van der Waals surface area contributed by atoms with Crippen LogP contribution in [0.1, 0.15) is 12.8 Å². The monoisotopic (exact) mass is 299 g/mol. The molecular weight excluding hydrogens is 274 g/mol. The van der Waals surface area contributed by atoms with Crippen LogP contribution in [0, 0.1) is 0 Å². The third-order valence-corrected chi connectivity index (χ3v) is 5.48. The third-order valence-electron chi connectivity index (χ3n) is 4.54. The van der Waals surface area contributed by atoms with E-state index in [1.807, 2.05) is 4.90 Å². The van der Waals surface area contributed by atoms with Crippen LogP contribution in [-0.4, -0.2) is 85.2 Å². The maximum absolute atomic E-state index is 12.4. The van der Waals surface area contributed by atoms with Gasteiger partial charge in [0.15, 0.2) is 0 Å². The lowest BCUT2D eigenvalue weighted by atomic mass is 10.0. The van der Waals surface area contributed by atoms with E-state index in [1.165, 1.54) is 24.6 Å². The molecule has 114 valence electrons. The third kappa shape index (κ3) is 3.47. The lowest BCUT2D eigenvalue weighted by molar-refractivity contribution is -0.146. The van der Waals surface area contributed by atoms with Gasteiger partial charge in [-0.15, -0.1) is 0 Å². The van der Waals surface area contributed by atoms with E-state index in [0.717, 1.165) is 32.5 Å². The summed E-state index contributed by atoms with van der Waals surface area (Å²) >= 11 is 2.06.